The lowest BCUT2D eigenvalue weighted by Crippen LogP contribution is -2.43. The Kier molecular flexibility index (Phi) is 13.9. The normalized spacial score (nSPS) is 14.2. The van der Waals surface area contributed by atoms with Gasteiger partial charge in [0.2, 0.25) is 0 Å². The third-order valence-electron chi connectivity index (χ3n) is 7.20. The molecule has 1 amide bonds. The van der Waals surface area contributed by atoms with E-state index in [2.05, 4.69) is 25.4 Å². The van der Waals surface area contributed by atoms with Gasteiger partial charge in [0.1, 0.15) is 42.6 Å². The van der Waals surface area contributed by atoms with E-state index in [4.69, 9.17) is 29.2 Å². The summed E-state index contributed by atoms with van der Waals surface area (Å²) in [5.41, 5.74) is 8.30. The number of benzene rings is 2. The minimum absolute atomic E-state index is 0.0309. The molecular formula is C34H44N7O9P. The number of carbonyl (C=O) groups is 3. The van der Waals surface area contributed by atoms with Gasteiger partial charge in [0.15, 0.2) is 11.5 Å². The molecule has 16 nitrogen and oxygen atoms in total. The molecule has 4 N–H and O–H groups in total. The maximum absolute atomic E-state index is 14.2. The van der Waals surface area contributed by atoms with Crippen LogP contribution < -0.4 is 20.7 Å². The van der Waals surface area contributed by atoms with Crippen molar-refractivity contribution in [3.05, 3.63) is 78.4 Å². The van der Waals surface area contributed by atoms with Crippen molar-refractivity contribution in [2.45, 2.75) is 78.5 Å². The number of ether oxygens (including phenoxy) is 4. The van der Waals surface area contributed by atoms with Crippen molar-refractivity contribution in [2.75, 3.05) is 18.7 Å². The summed E-state index contributed by atoms with van der Waals surface area (Å²) in [6.45, 7) is 8.82. The topological polar surface area (TPSA) is 208 Å². The Bertz CT molecular complexity index is 1800. The zero-order valence-corrected chi connectivity index (χ0v) is 30.1. The Morgan fingerprint density at radius 2 is 1.65 bits per heavy atom. The van der Waals surface area contributed by atoms with Crippen LogP contribution >= 0.6 is 7.52 Å². The Morgan fingerprint density at radius 1 is 0.922 bits per heavy atom. The summed E-state index contributed by atoms with van der Waals surface area (Å²) in [6, 6.07) is 13.5. The van der Waals surface area contributed by atoms with Crippen molar-refractivity contribution in [1.82, 2.24) is 29.9 Å². The van der Waals surface area contributed by atoms with Crippen LogP contribution in [0.2, 0.25) is 0 Å². The molecule has 274 valence electrons. The van der Waals surface area contributed by atoms with Crippen LogP contribution in [0.5, 0.6) is 5.75 Å². The van der Waals surface area contributed by atoms with Gasteiger partial charge in [0, 0.05) is 6.42 Å². The van der Waals surface area contributed by atoms with Crippen LogP contribution in [0.25, 0.3) is 11.2 Å². The molecule has 4 rings (SSSR count). The van der Waals surface area contributed by atoms with E-state index in [-0.39, 0.29) is 37.3 Å². The number of rotatable bonds is 18. The number of carbonyl (C=O) groups excluding carboxylic acids is 3. The number of esters is 2. The van der Waals surface area contributed by atoms with E-state index in [0.29, 0.717) is 23.3 Å². The van der Waals surface area contributed by atoms with E-state index in [1.54, 1.807) is 62.9 Å². The van der Waals surface area contributed by atoms with E-state index in [9.17, 15) is 18.9 Å². The molecule has 2 heterocycles. The highest BCUT2D eigenvalue weighted by Gasteiger charge is 2.32. The number of nitrogens with two attached hydrogens (primary N) is 1. The Labute approximate surface area is 295 Å². The van der Waals surface area contributed by atoms with E-state index in [1.807, 2.05) is 30.3 Å². The highest BCUT2D eigenvalue weighted by Crippen LogP contribution is 2.44. The van der Waals surface area contributed by atoms with Crippen LogP contribution in [0.1, 0.15) is 45.7 Å². The summed E-state index contributed by atoms with van der Waals surface area (Å²) in [7, 11) is -3.91. The molecule has 2 aromatic heterocycles. The predicted molar refractivity (Wildman–Crippen MR) is 188 cm³/mol. The maximum atomic E-state index is 14.2. The van der Waals surface area contributed by atoms with E-state index >= 15 is 0 Å². The molecule has 4 atom stereocenters. The summed E-state index contributed by atoms with van der Waals surface area (Å²) in [6.07, 6.45) is 0.918. The molecule has 0 saturated carbocycles. The number of nitrogens with zero attached hydrogens (tertiary/aromatic N) is 4. The molecule has 0 fully saturated rings. The van der Waals surface area contributed by atoms with Crippen molar-refractivity contribution < 1.29 is 42.4 Å². The molecule has 0 aliphatic carbocycles. The zero-order valence-electron chi connectivity index (χ0n) is 29.2. The lowest BCUT2D eigenvalue weighted by molar-refractivity contribution is -0.149. The number of alkyl carbamates (subject to hydrolysis) is 1. The molecule has 4 aromatic rings. The van der Waals surface area contributed by atoms with Crippen molar-refractivity contribution in [2.24, 2.45) is 0 Å². The first-order chi connectivity index (χ1) is 24.4. The molecular weight excluding hydrogens is 681 g/mol. The van der Waals surface area contributed by atoms with Crippen LogP contribution in [-0.4, -0.2) is 74.8 Å². The molecule has 51 heavy (non-hydrogen) atoms. The minimum atomic E-state index is -3.91. The zero-order chi connectivity index (χ0) is 37.0. The number of anilines is 1. The monoisotopic (exact) mass is 725 g/mol. The number of imidazole rings is 1. The Balaban J connectivity index is 1.43. The van der Waals surface area contributed by atoms with Crippen molar-refractivity contribution >= 4 is 42.5 Å². The first-order valence-electron chi connectivity index (χ1n) is 16.4. The van der Waals surface area contributed by atoms with Gasteiger partial charge in [0.05, 0.1) is 31.7 Å². The standard InChI is InChI=1S/C34H44N7O9P/c1-6-46-33(43)28(39-34(44)47-18-26-10-8-7-9-11-26)16-25-12-14-27(15-13-25)50-51(45,40-24(5)32(42)49-22(2)3)21-48-23(4)17-41-20-38-29-30(35)36-19-37-31(29)41/h7-15,19-20,22-24,28H,6,16-18,21H2,1-5H3,(H,39,44)(H,40,45)(H2,35,36,37)/t23-,24+,28+,51+/m1/s1. The van der Waals surface area contributed by atoms with Gasteiger partial charge in [-0.2, -0.15) is 0 Å². The second-order valence-corrected chi connectivity index (χ2v) is 13.9. The van der Waals surface area contributed by atoms with E-state index < -0.39 is 50.1 Å². The lowest BCUT2D eigenvalue weighted by atomic mass is 10.1. The second-order valence-electron chi connectivity index (χ2n) is 11.9. The van der Waals surface area contributed by atoms with Gasteiger partial charge in [-0.1, -0.05) is 42.5 Å². The fraction of sp³-hybridized carbons (Fsp3) is 0.412. The Morgan fingerprint density at radius 3 is 2.33 bits per heavy atom. The number of hydrogen-bond acceptors (Lipinski definition) is 13. The van der Waals surface area contributed by atoms with Crippen LogP contribution in [-0.2, 0) is 52.7 Å². The fourth-order valence-corrected chi connectivity index (χ4v) is 6.58. The maximum Gasteiger partial charge on any atom is 0.408 e. The molecule has 2 aromatic carbocycles. The van der Waals surface area contributed by atoms with Crippen LogP contribution in [0, 0.1) is 0 Å². The summed E-state index contributed by atoms with van der Waals surface area (Å²) in [5.74, 6) is -0.793. The highest BCUT2D eigenvalue weighted by atomic mass is 31.2. The summed E-state index contributed by atoms with van der Waals surface area (Å²) in [5, 5.41) is 5.35. The number of nitrogens with one attached hydrogen (secondary N) is 2. The van der Waals surface area contributed by atoms with Gasteiger partial charge in [-0.3, -0.25) is 9.36 Å². The number of hydrogen-bond donors (Lipinski definition) is 3. The van der Waals surface area contributed by atoms with Gasteiger partial charge in [-0.25, -0.2) is 29.6 Å². The smallest absolute Gasteiger partial charge is 0.408 e. The van der Waals surface area contributed by atoms with Crippen LogP contribution in [0.3, 0.4) is 0 Å². The minimum Gasteiger partial charge on any atom is -0.464 e. The summed E-state index contributed by atoms with van der Waals surface area (Å²) in [4.78, 5) is 50.3. The molecule has 0 aliphatic heterocycles. The van der Waals surface area contributed by atoms with Gasteiger partial charge in [-0.15, -0.1) is 0 Å². The third-order valence-corrected chi connectivity index (χ3v) is 8.98. The molecule has 0 saturated heterocycles. The predicted octanol–water partition coefficient (Wildman–Crippen LogP) is 4.37. The molecule has 0 aliphatic rings. The van der Waals surface area contributed by atoms with E-state index in [0.717, 1.165) is 5.56 Å². The van der Waals surface area contributed by atoms with Crippen molar-refractivity contribution in [3.8, 4) is 5.75 Å². The first kappa shape index (κ1) is 38.7. The van der Waals surface area contributed by atoms with Gasteiger partial charge < -0.3 is 39.1 Å². The lowest BCUT2D eigenvalue weighted by Gasteiger charge is -2.25. The van der Waals surface area contributed by atoms with E-state index in [1.165, 1.54) is 13.3 Å². The fourth-order valence-electron chi connectivity index (χ4n) is 4.80. The largest absolute Gasteiger partial charge is 0.464 e. The second kappa shape index (κ2) is 18.3. The first-order valence-corrected chi connectivity index (χ1v) is 18.2. The van der Waals surface area contributed by atoms with Crippen molar-refractivity contribution in [3.63, 3.8) is 0 Å². The highest BCUT2D eigenvalue weighted by molar-refractivity contribution is 7.57. The molecule has 17 heteroatoms. The van der Waals surface area contributed by atoms with Gasteiger partial charge >= 0.3 is 25.6 Å². The van der Waals surface area contributed by atoms with Crippen LogP contribution in [0.15, 0.2) is 67.3 Å². The third kappa shape index (κ3) is 11.8. The SMILES string of the molecule is CCOC(=O)[C@H](Cc1ccc(O[P@@](=O)(CO[C@H](C)Cn2cnc3c(N)ncnc32)N[C@@H](C)C(=O)OC(C)C)cc1)NC(=O)OCc1ccccc1. The average Bonchev–Trinajstić information content (AvgIpc) is 3.51. The average molecular weight is 726 g/mol. The van der Waals surface area contributed by atoms with Crippen molar-refractivity contribution in [1.29, 1.82) is 0 Å². The quantitative estimate of drug-likeness (QED) is 0.0740. The molecule has 0 bridgehead atoms. The molecule has 0 radical (unpaired) electrons. The summed E-state index contributed by atoms with van der Waals surface area (Å²) >= 11 is 0. The van der Waals surface area contributed by atoms with Gasteiger partial charge in [-0.05, 0) is 57.9 Å². The molecule has 0 unspecified atom stereocenters. The summed E-state index contributed by atoms with van der Waals surface area (Å²) < 4.78 is 43.6. The Hall–Kier alpha value is -5.05. The molecule has 0 spiro atoms. The number of nitrogen functional groups attached to an aromatic ring is 1. The van der Waals surface area contributed by atoms with Gasteiger partial charge in [0.25, 0.3) is 0 Å². The number of aromatic nitrogens is 4. The van der Waals surface area contributed by atoms with Crippen LogP contribution in [0.4, 0.5) is 10.6 Å². The number of amides is 1. The number of fused-ring (bicyclic) bond motifs is 1.